The zero-order chi connectivity index (χ0) is 29.8. The van der Waals surface area contributed by atoms with Gasteiger partial charge in [-0.05, 0) is 62.2 Å². The van der Waals surface area contributed by atoms with Crippen LogP contribution in [0.5, 0.6) is 11.5 Å². The lowest BCUT2D eigenvalue weighted by atomic mass is 10.2. The van der Waals surface area contributed by atoms with Crippen molar-refractivity contribution in [3.63, 3.8) is 0 Å². The lowest BCUT2D eigenvalue weighted by molar-refractivity contribution is -0.274. The molecular weight excluding hydrogens is 523 g/mol. The number of aryl methyl sites for hydroxylation is 3. The Kier molecular flexibility index (Phi) is 15.7. The molecule has 40 heavy (non-hydrogen) atoms. The third-order valence-corrected chi connectivity index (χ3v) is 5.02. The number of halogens is 3. The third kappa shape index (κ3) is 15.1. The number of aromatic nitrogens is 1. The summed E-state index contributed by atoms with van der Waals surface area (Å²) in [4.78, 5) is 22.3. The van der Waals surface area contributed by atoms with Gasteiger partial charge >= 0.3 is 6.36 Å². The molecule has 0 aliphatic carbocycles. The summed E-state index contributed by atoms with van der Waals surface area (Å²) >= 11 is 0. The SMILES string of the molecule is CCc1cccc(OC(F)(F)F)c1.COc1ccc2[nH]c(C)cc2c1.Cc1ccccc1.O=CNCCNC=O. The highest BCUT2D eigenvalue weighted by molar-refractivity contribution is 5.81. The Bertz CT molecular complexity index is 1250. The van der Waals surface area contributed by atoms with Gasteiger partial charge in [-0.3, -0.25) is 9.59 Å². The highest BCUT2D eigenvalue weighted by atomic mass is 19.4. The van der Waals surface area contributed by atoms with Gasteiger partial charge in [0.05, 0.1) is 7.11 Å². The van der Waals surface area contributed by atoms with E-state index >= 15 is 0 Å². The molecule has 0 unspecified atom stereocenters. The first kappa shape index (κ1) is 33.6. The van der Waals surface area contributed by atoms with E-state index in [0.717, 1.165) is 16.8 Å². The van der Waals surface area contributed by atoms with Crippen LogP contribution in [0.15, 0.2) is 78.9 Å². The lowest BCUT2D eigenvalue weighted by Crippen LogP contribution is -2.25. The number of hydrogen-bond donors (Lipinski definition) is 3. The number of methoxy groups -OCH3 is 1. The summed E-state index contributed by atoms with van der Waals surface area (Å²) in [6, 6.07) is 24.3. The van der Waals surface area contributed by atoms with E-state index < -0.39 is 6.36 Å². The number of alkyl halides is 3. The van der Waals surface area contributed by atoms with Crippen LogP contribution >= 0.6 is 0 Å². The molecular formula is C30H36F3N3O4. The minimum absolute atomic E-state index is 0.160. The number of fused-ring (bicyclic) bond motifs is 1. The Labute approximate surface area is 232 Å². The number of H-pyrrole nitrogens is 1. The van der Waals surface area contributed by atoms with E-state index in [1.54, 1.807) is 19.2 Å². The maximum atomic E-state index is 11.8. The average Bonchev–Trinajstić information content (AvgIpc) is 3.31. The molecule has 4 aromatic rings. The first-order chi connectivity index (χ1) is 19.1. The summed E-state index contributed by atoms with van der Waals surface area (Å²) in [5, 5.41) is 5.96. The van der Waals surface area contributed by atoms with Crippen molar-refractivity contribution in [1.82, 2.24) is 15.6 Å². The second kappa shape index (κ2) is 18.7. The van der Waals surface area contributed by atoms with E-state index in [0.29, 0.717) is 32.3 Å². The normalized spacial score (nSPS) is 9.88. The molecule has 3 N–H and O–H groups in total. The lowest BCUT2D eigenvalue weighted by Gasteiger charge is -2.09. The molecule has 10 heteroatoms. The molecule has 7 nitrogen and oxygen atoms in total. The van der Waals surface area contributed by atoms with Crippen LogP contribution in [0.4, 0.5) is 13.2 Å². The highest BCUT2D eigenvalue weighted by Crippen LogP contribution is 2.23. The first-order valence-electron chi connectivity index (χ1n) is 12.5. The van der Waals surface area contributed by atoms with Crippen LogP contribution in [0.1, 0.15) is 23.7 Å². The largest absolute Gasteiger partial charge is 0.573 e. The maximum absolute atomic E-state index is 11.8. The summed E-state index contributed by atoms with van der Waals surface area (Å²) in [6.07, 6.45) is -2.74. The fourth-order valence-electron chi connectivity index (χ4n) is 3.14. The molecule has 0 aliphatic heterocycles. The number of carbonyl (C=O) groups is 2. The van der Waals surface area contributed by atoms with E-state index in [9.17, 15) is 22.8 Å². The Morgan fingerprint density at radius 2 is 1.48 bits per heavy atom. The Morgan fingerprint density at radius 1 is 0.825 bits per heavy atom. The molecule has 0 saturated heterocycles. The van der Waals surface area contributed by atoms with Gasteiger partial charge in [0.1, 0.15) is 11.5 Å². The maximum Gasteiger partial charge on any atom is 0.573 e. The number of nitrogens with one attached hydrogen (secondary N) is 3. The Morgan fingerprint density at radius 3 is 1.98 bits per heavy atom. The molecule has 4 rings (SSSR count). The molecule has 0 spiro atoms. The van der Waals surface area contributed by atoms with Gasteiger partial charge in [-0.15, -0.1) is 13.2 Å². The number of amides is 2. The molecule has 0 radical (unpaired) electrons. The monoisotopic (exact) mass is 559 g/mol. The van der Waals surface area contributed by atoms with Crippen molar-refractivity contribution in [3.05, 3.63) is 95.7 Å². The summed E-state index contributed by atoms with van der Waals surface area (Å²) < 4.78 is 44.1. The van der Waals surface area contributed by atoms with Crippen molar-refractivity contribution in [2.75, 3.05) is 20.2 Å². The molecule has 216 valence electrons. The van der Waals surface area contributed by atoms with Crippen LogP contribution in [-0.2, 0) is 16.0 Å². The van der Waals surface area contributed by atoms with Gasteiger partial charge in [-0.25, -0.2) is 0 Å². The molecule has 0 saturated carbocycles. The molecule has 0 aliphatic rings. The van der Waals surface area contributed by atoms with E-state index in [2.05, 4.69) is 45.5 Å². The van der Waals surface area contributed by atoms with Crippen LogP contribution in [0, 0.1) is 13.8 Å². The summed E-state index contributed by atoms with van der Waals surface area (Å²) in [6.45, 7) is 6.98. The highest BCUT2D eigenvalue weighted by Gasteiger charge is 2.30. The van der Waals surface area contributed by atoms with Crippen LogP contribution in [-0.4, -0.2) is 44.4 Å². The summed E-state index contributed by atoms with van der Waals surface area (Å²) in [5.74, 6) is 0.744. The van der Waals surface area contributed by atoms with E-state index in [-0.39, 0.29) is 5.75 Å². The van der Waals surface area contributed by atoms with Crippen LogP contribution in [0.25, 0.3) is 10.9 Å². The summed E-state index contributed by atoms with van der Waals surface area (Å²) in [7, 11) is 1.68. The molecule has 2 amide bonds. The predicted octanol–water partition coefficient (Wildman–Crippen LogP) is 6.11. The van der Waals surface area contributed by atoms with E-state index in [1.807, 2.05) is 50.2 Å². The minimum atomic E-state index is -4.60. The third-order valence-electron chi connectivity index (χ3n) is 5.02. The van der Waals surface area contributed by atoms with Crippen LogP contribution in [0.2, 0.25) is 0 Å². The van der Waals surface area contributed by atoms with Crippen molar-refractivity contribution >= 4 is 23.7 Å². The Hall–Kier alpha value is -4.47. The average molecular weight is 560 g/mol. The smallest absolute Gasteiger partial charge is 0.497 e. The molecule has 0 atom stereocenters. The zero-order valence-corrected chi connectivity index (χ0v) is 23.0. The second-order valence-corrected chi connectivity index (χ2v) is 8.25. The number of aromatic amines is 1. The van der Waals surface area contributed by atoms with Gasteiger partial charge in [-0.2, -0.15) is 0 Å². The zero-order valence-electron chi connectivity index (χ0n) is 23.0. The standard InChI is InChI=1S/C10H11NO.C9H9F3O.C7H8.C4H8N2O2/c1-7-5-8-6-9(12-2)3-4-10(8)11-7;1-2-7-4-3-5-8(6-7)13-9(10,11)12;1-7-5-3-2-4-6-7;7-3-5-1-2-6-4-8/h3-6,11H,1-2H3;3-6H,2H2,1H3;2-6H,1H3;3-4H,1-2H2,(H,5,7)(H,6,8). The molecule has 0 bridgehead atoms. The fraction of sp³-hybridized carbons (Fsp3) is 0.267. The van der Waals surface area contributed by atoms with Crippen molar-refractivity contribution in [2.24, 2.45) is 0 Å². The van der Waals surface area contributed by atoms with E-state index in [1.165, 1.54) is 28.8 Å². The summed E-state index contributed by atoms with van der Waals surface area (Å²) in [5.41, 5.74) is 4.48. The fourth-order valence-corrected chi connectivity index (χ4v) is 3.14. The number of benzene rings is 3. The van der Waals surface area contributed by atoms with E-state index in [4.69, 9.17) is 4.74 Å². The molecule has 1 heterocycles. The quantitative estimate of drug-likeness (QED) is 0.180. The molecule has 3 aromatic carbocycles. The Balaban J connectivity index is 0.000000275. The van der Waals surface area contributed by atoms with Crippen LogP contribution < -0.4 is 20.1 Å². The number of rotatable bonds is 8. The number of carbonyl (C=O) groups excluding carboxylic acids is 2. The number of ether oxygens (including phenoxy) is 2. The van der Waals surface area contributed by atoms with Crippen molar-refractivity contribution in [2.45, 2.75) is 33.6 Å². The van der Waals surface area contributed by atoms with Crippen LogP contribution in [0.3, 0.4) is 0 Å². The molecule has 1 aromatic heterocycles. The number of hydrogen-bond acceptors (Lipinski definition) is 4. The second-order valence-electron chi connectivity index (χ2n) is 8.25. The van der Waals surface area contributed by atoms with Gasteiger partial charge in [0.25, 0.3) is 0 Å². The van der Waals surface area contributed by atoms with Crippen molar-refractivity contribution in [1.29, 1.82) is 0 Å². The van der Waals surface area contributed by atoms with Gasteiger partial charge in [-0.1, -0.05) is 55.0 Å². The van der Waals surface area contributed by atoms with Gasteiger partial charge < -0.3 is 25.1 Å². The predicted molar refractivity (Wildman–Crippen MR) is 151 cm³/mol. The molecule has 0 fully saturated rings. The first-order valence-corrected chi connectivity index (χ1v) is 12.5. The van der Waals surface area contributed by atoms with Gasteiger partial charge in [0.2, 0.25) is 12.8 Å². The van der Waals surface area contributed by atoms with Gasteiger partial charge in [0.15, 0.2) is 0 Å². The van der Waals surface area contributed by atoms with Crippen molar-refractivity contribution < 1.29 is 32.2 Å². The van der Waals surface area contributed by atoms with Gasteiger partial charge in [0, 0.05) is 29.7 Å². The van der Waals surface area contributed by atoms with Crippen molar-refractivity contribution in [3.8, 4) is 11.5 Å². The minimum Gasteiger partial charge on any atom is -0.497 e. The topological polar surface area (TPSA) is 92.4 Å².